The largest absolute Gasteiger partial charge is 0.466 e. The van der Waals surface area contributed by atoms with E-state index in [0.717, 1.165) is 4.90 Å². The van der Waals surface area contributed by atoms with Gasteiger partial charge in [-0.15, -0.1) is 0 Å². The number of carbonyl (C=O) groups is 3. The van der Waals surface area contributed by atoms with Crippen molar-refractivity contribution in [3.63, 3.8) is 0 Å². The monoisotopic (exact) mass is 242 g/mol. The third-order valence-electron chi connectivity index (χ3n) is 2.74. The maximum absolute atomic E-state index is 11.6. The molecule has 0 aliphatic carbocycles. The molecule has 0 spiro atoms. The van der Waals surface area contributed by atoms with Crippen LogP contribution in [0.15, 0.2) is 0 Å². The first-order valence-electron chi connectivity index (χ1n) is 5.67. The fraction of sp³-hybridized carbons (Fsp3) is 0.727. The van der Waals surface area contributed by atoms with Gasteiger partial charge in [-0.3, -0.25) is 19.3 Å². The molecule has 0 saturated carbocycles. The lowest BCUT2D eigenvalue weighted by Crippen LogP contribution is -2.40. The number of likely N-dealkylation sites (tertiary alicyclic amines) is 1. The minimum absolute atomic E-state index is 0.158. The van der Waals surface area contributed by atoms with Gasteiger partial charge in [0.25, 0.3) is 0 Å². The van der Waals surface area contributed by atoms with Crippen LogP contribution in [-0.4, -0.2) is 48.9 Å². The number of hydrogen-bond acceptors (Lipinski definition) is 5. The van der Waals surface area contributed by atoms with Gasteiger partial charge in [-0.25, -0.2) is 0 Å². The van der Waals surface area contributed by atoms with Crippen LogP contribution in [0.3, 0.4) is 0 Å². The zero-order valence-electron chi connectivity index (χ0n) is 10.4. The summed E-state index contributed by atoms with van der Waals surface area (Å²) in [6, 6.07) is -0.510. The topological polar surface area (TPSA) is 75.7 Å². The summed E-state index contributed by atoms with van der Waals surface area (Å²) in [5, 5.41) is 2.92. The molecule has 1 N–H and O–H groups in total. The fourth-order valence-corrected chi connectivity index (χ4v) is 1.60. The Kier molecular flexibility index (Phi) is 4.62. The summed E-state index contributed by atoms with van der Waals surface area (Å²) < 4.78 is 4.85. The number of likely N-dealkylation sites (N-methyl/N-ethyl adjacent to an activating group) is 1. The first-order valence-corrected chi connectivity index (χ1v) is 5.67. The van der Waals surface area contributed by atoms with Crippen LogP contribution < -0.4 is 5.32 Å². The highest BCUT2D eigenvalue weighted by Crippen LogP contribution is 2.11. The molecule has 1 rings (SSSR count). The van der Waals surface area contributed by atoms with Crippen LogP contribution in [0, 0.1) is 5.92 Å². The van der Waals surface area contributed by atoms with Crippen molar-refractivity contribution in [2.24, 2.45) is 5.92 Å². The number of nitrogens with one attached hydrogen (secondary N) is 1. The molecule has 1 aliphatic rings. The number of hydrogen-bond donors (Lipinski definition) is 1. The molecule has 2 unspecified atom stereocenters. The van der Waals surface area contributed by atoms with Gasteiger partial charge in [0.2, 0.25) is 11.8 Å². The molecule has 6 nitrogen and oxygen atoms in total. The van der Waals surface area contributed by atoms with E-state index in [-0.39, 0.29) is 30.1 Å². The number of amides is 2. The van der Waals surface area contributed by atoms with E-state index in [9.17, 15) is 14.4 Å². The lowest BCUT2D eigenvalue weighted by atomic mass is 10.1. The number of carbonyl (C=O) groups excluding carboxylic acids is 3. The zero-order valence-corrected chi connectivity index (χ0v) is 10.4. The summed E-state index contributed by atoms with van der Waals surface area (Å²) in [4.78, 5) is 35.2. The van der Waals surface area contributed by atoms with Crippen molar-refractivity contribution < 1.29 is 19.1 Å². The predicted octanol–water partition coefficient (Wildman–Crippen LogP) is -0.467. The lowest BCUT2D eigenvalue weighted by Gasteiger charge is -2.14. The first kappa shape index (κ1) is 13.6. The lowest BCUT2D eigenvalue weighted by molar-refractivity contribution is -0.147. The van der Waals surface area contributed by atoms with Crippen molar-refractivity contribution in [3.8, 4) is 0 Å². The van der Waals surface area contributed by atoms with Gasteiger partial charge in [0.05, 0.1) is 25.0 Å². The van der Waals surface area contributed by atoms with Gasteiger partial charge in [-0.2, -0.15) is 0 Å². The number of ether oxygens (including phenoxy) is 1. The molecular weight excluding hydrogens is 224 g/mol. The minimum Gasteiger partial charge on any atom is -0.466 e. The molecule has 0 aromatic heterocycles. The number of rotatable bonds is 5. The second-order valence-corrected chi connectivity index (χ2v) is 4.11. The molecule has 1 heterocycles. The van der Waals surface area contributed by atoms with Crippen molar-refractivity contribution >= 4 is 17.8 Å². The van der Waals surface area contributed by atoms with Crippen LogP contribution in [-0.2, 0) is 19.1 Å². The van der Waals surface area contributed by atoms with E-state index in [4.69, 9.17) is 4.74 Å². The molecule has 6 heteroatoms. The van der Waals surface area contributed by atoms with Crippen LogP contribution in [0.1, 0.15) is 20.3 Å². The predicted molar refractivity (Wildman–Crippen MR) is 60.0 cm³/mol. The van der Waals surface area contributed by atoms with Crippen LogP contribution in [0.25, 0.3) is 0 Å². The van der Waals surface area contributed by atoms with Gasteiger partial charge in [0.15, 0.2) is 0 Å². The summed E-state index contributed by atoms with van der Waals surface area (Å²) in [6.45, 7) is 4.13. The summed E-state index contributed by atoms with van der Waals surface area (Å²) in [5.41, 5.74) is 0. The molecule has 0 aromatic carbocycles. The minimum atomic E-state index is -0.510. The second-order valence-electron chi connectivity index (χ2n) is 4.11. The highest BCUT2D eigenvalue weighted by molar-refractivity contribution is 6.05. The van der Waals surface area contributed by atoms with E-state index in [1.165, 1.54) is 7.05 Å². The third kappa shape index (κ3) is 3.26. The molecule has 1 fully saturated rings. The van der Waals surface area contributed by atoms with Crippen LogP contribution in [0.4, 0.5) is 0 Å². The average Bonchev–Trinajstić information content (AvgIpc) is 2.54. The normalized spacial score (nSPS) is 21.8. The highest BCUT2D eigenvalue weighted by atomic mass is 16.5. The highest BCUT2D eigenvalue weighted by Gasteiger charge is 2.35. The van der Waals surface area contributed by atoms with Crippen LogP contribution >= 0.6 is 0 Å². The van der Waals surface area contributed by atoms with Gasteiger partial charge in [-0.1, -0.05) is 6.92 Å². The van der Waals surface area contributed by atoms with E-state index in [1.807, 2.05) is 0 Å². The van der Waals surface area contributed by atoms with Crippen molar-refractivity contribution in [1.29, 1.82) is 0 Å². The van der Waals surface area contributed by atoms with Gasteiger partial charge < -0.3 is 10.1 Å². The third-order valence-corrected chi connectivity index (χ3v) is 2.74. The Morgan fingerprint density at radius 1 is 1.59 bits per heavy atom. The number of imide groups is 1. The maximum Gasteiger partial charge on any atom is 0.309 e. The first-order chi connectivity index (χ1) is 7.97. The number of nitrogens with zero attached hydrogens (tertiary/aromatic N) is 1. The van der Waals surface area contributed by atoms with Crippen LogP contribution in [0.2, 0.25) is 0 Å². The van der Waals surface area contributed by atoms with Gasteiger partial charge >= 0.3 is 5.97 Å². The molecule has 96 valence electrons. The van der Waals surface area contributed by atoms with E-state index in [2.05, 4.69) is 5.32 Å². The molecule has 1 saturated heterocycles. The van der Waals surface area contributed by atoms with Crippen molar-refractivity contribution in [1.82, 2.24) is 10.2 Å². The Morgan fingerprint density at radius 2 is 2.24 bits per heavy atom. The SMILES string of the molecule is CCOC(=O)C(C)CNC1CC(=O)N(C)C1=O. The molecule has 0 radical (unpaired) electrons. The van der Waals surface area contributed by atoms with E-state index < -0.39 is 6.04 Å². The van der Waals surface area contributed by atoms with Gasteiger partial charge in [-0.05, 0) is 6.92 Å². The fourth-order valence-electron chi connectivity index (χ4n) is 1.60. The molecule has 2 atom stereocenters. The summed E-state index contributed by atoms with van der Waals surface area (Å²) >= 11 is 0. The summed E-state index contributed by atoms with van der Waals surface area (Å²) in [6.07, 6.45) is 0.158. The number of esters is 1. The molecule has 2 amide bonds. The molecule has 0 bridgehead atoms. The molecule has 17 heavy (non-hydrogen) atoms. The Morgan fingerprint density at radius 3 is 2.71 bits per heavy atom. The zero-order chi connectivity index (χ0) is 13.0. The quantitative estimate of drug-likeness (QED) is 0.521. The van der Waals surface area contributed by atoms with Gasteiger partial charge in [0.1, 0.15) is 0 Å². The average molecular weight is 242 g/mol. The standard InChI is InChI=1S/C11H18N2O4/c1-4-17-11(16)7(2)6-12-8-5-9(14)13(3)10(8)15/h7-8,12H,4-6H2,1-3H3. The Hall–Kier alpha value is -1.43. The second kappa shape index (κ2) is 5.77. The molecule has 1 aliphatic heterocycles. The maximum atomic E-state index is 11.6. The Balaban J connectivity index is 2.39. The Bertz CT molecular complexity index is 329. The van der Waals surface area contributed by atoms with Gasteiger partial charge in [0, 0.05) is 13.6 Å². The molecule has 0 aromatic rings. The summed E-state index contributed by atoms with van der Waals surface area (Å²) in [5.74, 6) is -1.07. The van der Waals surface area contributed by atoms with E-state index in [0.29, 0.717) is 13.2 Å². The smallest absolute Gasteiger partial charge is 0.309 e. The van der Waals surface area contributed by atoms with Crippen molar-refractivity contribution in [2.75, 3.05) is 20.2 Å². The van der Waals surface area contributed by atoms with E-state index >= 15 is 0 Å². The van der Waals surface area contributed by atoms with Crippen LogP contribution in [0.5, 0.6) is 0 Å². The van der Waals surface area contributed by atoms with Crippen molar-refractivity contribution in [2.45, 2.75) is 26.3 Å². The Labute approximate surface area is 100 Å². The summed E-state index contributed by atoms with van der Waals surface area (Å²) in [7, 11) is 1.46. The molecular formula is C11H18N2O4. The van der Waals surface area contributed by atoms with E-state index in [1.54, 1.807) is 13.8 Å². The van der Waals surface area contributed by atoms with Crippen molar-refractivity contribution in [3.05, 3.63) is 0 Å².